The normalized spacial score (nSPS) is 20.3. The molecule has 2 aromatic rings. The first kappa shape index (κ1) is 20.3. The third-order valence-electron chi connectivity index (χ3n) is 6.28. The molecule has 1 saturated heterocycles. The number of nitrogens with zero attached hydrogens (tertiary/aromatic N) is 3. The summed E-state index contributed by atoms with van der Waals surface area (Å²) < 4.78 is 0. The van der Waals surface area contributed by atoms with Crippen LogP contribution in [0.25, 0.3) is 0 Å². The molecule has 0 bridgehead atoms. The Bertz CT molecular complexity index is 911. The molecule has 2 aromatic carbocycles. The maximum absolute atomic E-state index is 5.99. The van der Waals surface area contributed by atoms with E-state index < -0.39 is 0 Å². The van der Waals surface area contributed by atoms with E-state index in [1.807, 2.05) is 6.21 Å². The first-order valence-corrected chi connectivity index (χ1v) is 11.0. The Hall–Kier alpha value is -2.95. The van der Waals surface area contributed by atoms with E-state index in [9.17, 15) is 0 Å². The molecule has 0 amide bonds. The molecule has 1 atom stereocenters. The summed E-state index contributed by atoms with van der Waals surface area (Å²) in [5.74, 6) is 0. The number of nitrogens with one attached hydrogen (secondary N) is 1. The number of aryl methyl sites for hydroxylation is 1. The zero-order valence-electron chi connectivity index (χ0n) is 18.1. The lowest BCUT2D eigenvalue weighted by Crippen LogP contribution is -2.41. The summed E-state index contributed by atoms with van der Waals surface area (Å²) in [6.07, 6.45) is 6.93. The van der Waals surface area contributed by atoms with E-state index >= 15 is 0 Å². The largest absolute Gasteiger partial charge is 0.404 e. The number of fused-ring (bicyclic) bond motifs is 1. The van der Waals surface area contributed by atoms with Crippen LogP contribution >= 0.6 is 0 Å². The number of likely N-dealkylation sites (N-methyl/N-ethyl adjacent to an activating group) is 1. The molecule has 30 heavy (non-hydrogen) atoms. The molecular weight excluding hydrogens is 370 g/mol. The molecule has 2 heterocycles. The molecule has 0 spiro atoms. The Labute approximate surface area is 180 Å². The minimum atomic E-state index is 0.149. The van der Waals surface area contributed by atoms with Gasteiger partial charge in [-0.1, -0.05) is 31.2 Å². The van der Waals surface area contributed by atoms with Gasteiger partial charge in [0.2, 0.25) is 0 Å². The van der Waals surface area contributed by atoms with Crippen molar-refractivity contribution >= 4 is 23.3 Å². The zero-order chi connectivity index (χ0) is 20.9. The third-order valence-corrected chi connectivity index (χ3v) is 6.28. The highest BCUT2D eigenvalue weighted by Crippen LogP contribution is 2.30. The van der Waals surface area contributed by atoms with Gasteiger partial charge < -0.3 is 20.9 Å². The Morgan fingerprint density at radius 3 is 2.73 bits per heavy atom. The van der Waals surface area contributed by atoms with Gasteiger partial charge in [0.25, 0.3) is 0 Å². The molecule has 0 saturated carbocycles. The number of nitrogens with two attached hydrogens (primary N) is 1. The van der Waals surface area contributed by atoms with Crippen molar-refractivity contribution < 1.29 is 0 Å². The second kappa shape index (κ2) is 9.24. The topological polar surface area (TPSA) is 56.9 Å². The van der Waals surface area contributed by atoms with Gasteiger partial charge in [0, 0.05) is 50.4 Å². The van der Waals surface area contributed by atoms with Gasteiger partial charge in [0.15, 0.2) is 0 Å². The second-order valence-electron chi connectivity index (χ2n) is 8.28. The second-order valence-corrected chi connectivity index (χ2v) is 8.28. The van der Waals surface area contributed by atoms with E-state index in [4.69, 9.17) is 10.7 Å². The maximum atomic E-state index is 5.99. The molecule has 5 heteroatoms. The van der Waals surface area contributed by atoms with Gasteiger partial charge in [-0.2, -0.15) is 0 Å². The van der Waals surface area contributed by atoms with E-state index in [-0.39, 0.29) is 6.04 Å². The number of para-hydroxylation sites is 2. The van der Waals surface area contributed by atoms with Crippen LogP contribution in [0.3, 0.4) is 0 Å². The number of anilines is 3. The smallest absolute Gasteiger partial charge is 0.0718 e. The Morgan fingerprint density at radius 1 is 1.17 bits per heavy atom. The number of benzene rings is 2. The quantitative estimate of drug-likeness (QED) is 0.739. The number of rotatable bonds is 5. The Kier molecular flexibility index (Phi) is 6.26. The molecule has 0 aromatic heterocycles. The van der Waals surface area contributed by atoms with E-state index in [2.05, 4.69) is 77.6 Å². The molecule has 0 radical (unpaired) electrons. The number of piperidine rings is 1. The average molecular weight is 404 g/mol. The van der Waals surface area contributed by atoms with Crippen molar-refractivity contribution in [3.05, 3.63) is 65.9 Å². The minimum absolute atomic E-state index is 0.149. The zero-order valence-corrected chi connectivity index (χ0v) is 18.1. The van der Waals surface area contributed by atoms with Gasteiger partial charge in [0.1, 0.15) is 0 Å². The van der Waals surface area contributed by atoms with Crippen LogP contribution in [0.15, 0.2) is 65.3 Å². The van der Waals surface area contributed by atoms with Gasteiger partial charge in [-0.05, 0) is 49.1 Å². The lowest BCUT2D eigenvalue weighted by molar-refractivity contribution is 0.504. The van der Waals surface area contributed by atoms with Crippen LogP contribution in [-0.4, -0.2) is 45.0 Å². The summed E-state index contributed by atoms with van der Waals surface area (Å²) in [6.45, 7) is 5.18. The molecule has 1 fully saturated rings. The third kappa shape index (κ3) is 4.45. The molecule has 2 aliphatic rings. The lowest BCUT2D eigenvalue weighted by Gasteiger charge is -2.35. The first-order valence-electron chi connectivity index (χ1n) is 11.0. The Morgan fingerprint density at radius 2 is 1.97 bits per heavy atom. The van der Waals surface area contributed by atoms with Crippen molar-refractivity contribution in [2.24, 2.45) is 10.7 Å². The van der Waals surface area contributed by atoms with Crippen molar-refractivity contribution in [1.29, 1.82) is 0 Å². The first-order chi connectivity index (χ1) is 14.7. The van der Waals surface area contributed by atoms with Crippen molar-refractivity contribution in [1.82, 2.24) is 0 Å². The number of hydrogen-bond acceptors (Lipinski definition) is 5. The van der Waals surface area contributed by atoms with Crippen LogP contribution in [0.1, 0.15) is 25.3 Å². The van der Waals surface area contributed by atoms with E-state index in [1.165, 1.54) is 16.9 Å². The van der Waals surface area contributed by atoms with Crippen molar-refractivity contribution in [3.8, 4) is 0 Å². The van der Waals surface area contributed by atoms with Gasteiger partial charge in [-0.25, -0.2) is 0 Å². The van der Waals surface area contributed by atoms with Crippen LogP contribution in [0.2, 0.25) is 0 Å². The molecular formula is C25H33N5. The molecule has 158 valence electrons. The fraction of sp³-hybridized carbons (Fsp3) is 0.400. The van der Waals surface area contributed by atoms with E-state index in [0.29, 0.717) is 6.04 Å². The molecule has 5 nitrogen and oxygen atoms in total. The summed E-state index contributed by atoms with van der Waals surface area (Å²) >= 11 is 0. The summed E-state index contributed by atoms with van der Waals surface area (Å²) in [5.41, 5.74) is 12.1. The van der Waals surface area contributed by atoms with Crippen LogP contribution in [0, 0.1) is 0 Å². The molecule has 3 N–H and O–H groups in total. The van der Waals surface area contributed by atoms with E-state index in [0.717, 1.165) is 50.2 Å². The highest BCUT2D eigenvalue weighted by Gasteiger charge is 2.24. The fourth-order valence-corrected chi connectivity index (χ4v) is 4.41. The van der Waals surface area contributed by atoms with Crippen LogP contribution in [-0.2, 0) is 6.42 Å². The monoisotopic (exact) mass is 403 g/mol. The average Bonchev–Trinajstić information content (AvgIpc) is 2.80. The standard InChI is InChI=1S/C25H33N5/c1-3-19-7-6-8-22(15-19)30-13-11-21(12-14-30)27-17-20(16-26)24-18-29(2)25-10-5-4-9-23(25)28-24/h4-10,15-17,21,24,28H,3,11-14,18,26H2,1-2H3. The van der Waals surface area contributed by atoms with Crippen LogP contribution < -0.4 is 20.9 Å². The van der Waals surface area contributed by atoms with Crippen LogP contribution in [0.4, 0.5) is 17.1 Å². The summed E-state index contributed by atoms with van der Waals surface area (Å²) in [7, 11) is 2.13. The number of aliphatic imine (C=N–C) groups is 1. The van der Waals surface area contributed by atoms with Crippen LogP contribution in [0.5, 0.6) is 0 Å². The summed E-state index contributed by atoms with van der Waals surface area (Å²) in [5, 5.41) is 3.62. The van der Waals surface area contributed by atoms with Crippen molar-refractivity contribution in [2.45, 2.75) is 38.3 Å². The summed E-state index contributed by atoms with van der Waals surface area (Å²) in [4.78, 5) is 9.67. The summed E-state index contributed by atoms with van der Waals surface area (Å²) in [6, 6.07) is 17.8. The molecule has 1 unspecified atom stereocenters. The highest BCUT2D eigenvalue weighted by atomic mass is 15.2. The predicted molar refractivity (Wildman–Crippen MR) is 129 cm³/mol. The molecule has 2 aliphatic heterocycles. The minimum Gasteiger partial charge on any atom is -0.404 e. The fourth-order valence-electron chi connectivity index (χ4n) is 4.41. The molecule has 0 aliphatic carbocycles. The van der Waals surface area contributed by atoms with Gasteiger partial charge in [-0.15, -0.1) is 0 Å². The highest BCUT2D eigenvalue weighted by molar-refractivity contribution is 5.84. The van der Waals surface area contributed by atoms with Crippen molar-refractivity contribution in [2.75, 3.05) is 41.8 Å². The van der Waals surface area contributed by atoms with E-state index in [1.54, 1.807) is 6.20 Å². The van der Waals surface area contributed by atoms with Gasteiger partial charge in [0.05, 0.1) is 23.5 Å². The number of hydrogen-bond donors (Lipinski definition) is 2. The maximum Gasteiger partial charge on any atom is 0.0718 e. The predicted octanol–water partition coefficient (Wildman–Crippen LogP) is 4.06. The Balaban J connectivity index is 1.36. The SMILES string of the molecule is CCc1cccc(N2CCC(N=CC(=CN)C3CN(C)c4ccccc4N3)CC2)c1. The van der Waals surface area contributed by atoms with Gasteiger partial charge in [-0.3, -0.25) is 4.99 Å². The molecule has 4 rings (SSSR count). The lowest BCUT2D eigenvalue weighted by atomic mass is 10.0. The van der Waals surface area contributed by atoms with Crippen molar-refractivity contribution in [3.63, 3.8) is 0 Å². The van der Waals surface area contributed by atoms with Gasteiger partial charge >= 0.3 is 0 Å².